The zero-order valence-corrected chi connectivity index (χ0v) is 20.2. The van der Waals surface area contributed by atoms with Crippen LogP contribution in [0.25, 0.3) is 0 Å². The molecule has 9 heteroatoms. The number of guanidine groups is 1. The molecule has 2 N–H and O–H groups in total. The van der Waals surface area contributed by atoms with Crippen LogP contribution in [0, 0.1) is 13.8 Å². The summed E-state index contributed by atoms with van der Waals surface area (Å²) in [4.78, 5) is 30.3. The van der Waals surface area contributed by atoms with Crippen LogP contribution in [0.2, 0.25) is 0 Å². The first kappa shape index (κ1) is 23.8. The van der Waals surface area contributed by atoms with E-state index in [1.807, 2.05) is 25.6 Å². The van der Waals surface area contributed by atoms with Gasteiger partial charge < -0.3 is 10.6 Å². The standard InChI is InChI=1S/C21H28N6O2.HI/c1-14-18(15(2)26(4)25-14)13-24-21(22-3)23-11-7-8-12-27-19(28)16-9-5-6-10-17(16)20(27)29;/h5-6,9-10H,7-8,11-13H2,1-4H3,(H2,22,23,24);1H. The van der Waals surface area contributed by atoms with Crippen LogP contribution < -0.4 is 10.6 Å². The number of amides is 2. The summed E-state index contributed by atoms with van der Waals surface area (Å²) < 4.78 is 1.88. The molecule has 162 valence electrons. The Morgan fingerprint density at radius 2 is 1.70 bits per heavy atom. The first-order chi connectivity index (χ1) is 13.9. The maximum atomic E-state index is 12.4. The van der Waals surface area contributed by atoms with Crippen molar-refractivity contribution in [3.8, 4) is 0 Å². The Kier molecular flexibility index (Phi) is 8.39. The molecular weight excluding hydrogens is 495 g/mol. The van der Waals surface area contributed by atoms with Gasteiger partial charge in [-0.2, -0.15) is 5.10 Å². The third kappa shape index (κ3) is 5.00. The number of benzene rings is 1. The number of unbranched alkanes of at least 4 members (excludes halogenated alkanes) is 1. The molecule has 1 aromatic carbocycles. The van der Waals surface area contributed by atoms with Gasteiger partial charge in [-0.1, -0.05) is 12.1 Å². The lowest BCUT2D eigenvalue weighted by Crippen LogP contribution is -2.38. The third-order valence-electron chi connectivity index (χ3n) is 5.29. The summed E-state index contributed by atoms with van der Waals surface area (Å²) in [5.74, 6) is 0.324. The normalized spacial score (nSPS) is 13.3. The maximum absolute atomic E-state index is 12.4. The van der Waals surface area contributed by atoms with Crippen LogP contribution in [0.5, 0.6) is 0 Å². The first-order valence-electron chi connectivity index (χ1n) is 9.82. The average Bonchev–Trinajstić information content (AvgIpc) is 3.11. The van der Waals surface area contributed by atoms with Crippen molar-refractivity contribution in [2.45, 2.75) is 33.2 Å². The number of imide groups is 1. The zero-order valence-electron chi connectivity index (χ0n) is 17.9. The molecule has 0 aliphatic carbocycles. The topological polar surface area (TPSA) is 91.6 Å². The van der Waals surface area contributed by atoms with Crippen LogP contribution >= 0.6 is 24.0 Å². The highest BCUT2D eigenvalue weighted by Crippen LogP contribution is 2.22. The van der Waals surface area contributed by atoms with Gasteiger partial charge in [-0.25, -0.2) is 0 Å². The molecule has 30 heavy (non-hydrogen) atoms. The molecule has 1 aliphatic rings. The lowest BCUT2D eigenvalue weighted by molar-refractivity contribution is 0.0652. The number of carbonyl (C=O) groups excluding carboxylic acids is 2. The maximum Gasteiger partial charge on any atom is 0.261 e. The van der Waals surface area contributed by atoms with Gasteiger partial charge >= 0.3 is 0 Å². The lowest BCUT2D eigenvalue weighted by Gasteiger charge is -2.15. The van der Waals surface area contributed by atoms with Gasteiger partial charge in [0.15, 0.2) is 5.96 Å². The fourth-order valence-corrected chi connectivity index (χ4v) is 3.51. The summed E-state index contributed by atoms with van der Waals surface area (Å²) >= 11 is 0. The van der Waals surface area contributed by atoms with E-state index < -0.39 is 0 Å². The van der Waals surface area contributed by atoms with Gasteiger partial charge in [0, 0.05) is 45.0 Å². The van der Waals surface area contributed by atoms with Gasteiger partial charge in [-0.15, -0.1) is 24.0 Å². The number of carbonyl (C=O) groups is 2. The van der Waals surface area contributed by atoms with E-state index in [2.05, 4.69) is 20.7 Å². The quantitative estimate of drug-likeness (QED) is 0.191. The van der Waals surface area contributed by atoms with E-state index in [4.69, 9.17) is 0 Å². The van der Waals surface area contributed by atoms with Crippen molar-refractivity contribution in [2.75, 3.05) is 20.1 Å². The highest BCUT2D eigenvalue weighted by molar-refractivity contribution is 14.0. The van der Waals surface area contributed by atoms with Crippen molar-refractivity contribution in [3.05, 3.63) is 52.3 Å². The molecule has 0 spiro atoms. The number of nitrogens with one attached hydrogen (secondary N) is 2. The minimum Gasteiger partial charge on any atom is -0.356 e. The van der Waals surface area contributed by atoms with E-state index >= 15 is 0 Å². The molecule has 2 aromatic rings. The molecule has 0 bridgehead atoms. The van der Waals surface area contributed by atoms with Crippen LogP contribution in [0.15, 0.2) is 29.3 Å². The monoisotopic (exact) mass is 524 g/mol. The molecule has 2 amide bonds. The highest BCUT2D eigenvalue weighted by Gasteiger charge is 2.34. The van der Waals surface area contributed by atoms with Crippen LogP contribution in [0.3, 0.4) is 0 Å². The Labute approximate surface area is 194 Å². The Balaban J connectivity index is 0.00000320. The molecule has 0 atom stereocenters. The molecule has 0 saturated carbocycles. The Morgan fingerprint density at radius 3 is 2.23 bits per heavy atom. The number of aromatic nitrogens is 2. The predicted octanol–water partition coefficient (Wildman–Crippen LogP) is 2.40. The first-order valence-corrected chi connectivity index (χ1v) is 9.82. The van der Waals surface area contributed by atoms with Gasteiger partial charge in [-0.3, -0.25) is 24.2 Å². The van der Waals surface area contributed by atoms with Crippen molar-refractivity contribution in [1.82, 2.24) is 25.3 Å². The van der Waals surface area contributed by atoms with Gasteiger partial charge in [0.1, 0.15) is 0 Å². The molecule has 1 aromatic heterocycles. The number of fused-ring (bicyclic) bond motifs is 1. The zero-order chi connectivity index (χ0) is 21.0. The van der Waals surface area contributed by atoms with Gasteiger partial charge in [0.25, 0.3) is 11.8 Å². The number of hydrogen-bond acceptors (Lipinski definition) is 4. The molecule has 2 heterocycles. The second-order valence-electron chi connectivity index (χ2n) is 7.14. The van der Waals surface area contributed by atoms with Crippen molar-refractivity contribution >= 4 is 41.8 Å². The molecule has 0 saturated heterocycles. The number of hydrogen-bond donors (Lipinski definition) is 2. The number of aliphatic imine (C=N–C) groups is 1. The van der Waals surface area contributed by atoms with E-state index in [0.29, 0.717) is 36.7 Å². The van der Waals surface area contributed by atoms with E-state index in [-0.39, 0.29) is 35.8 Å². The summed E-state index contributed by atoms with van der Waals surface area (Å²) in [6, 6.07) is 6.98. The number of aryl methyl sites for hydroxylation is 2. The molecule has 0 radical (unpaired) electrons. The Morgan fingerprint density at radius 1 is 1.07 bits per heavy atom. The van der Waals surface area contributed by atoms with Crippen molar-refractivity contribution in [3.63, 3.8) is 0 Å². The van der Waals surface area contributed by atoms with Crippen molar-refractivity contribution in [2.24, 2.45) is 12.0 Å². The average molecular weight is 524 g/mol. The molecule has 0 unspecified atom stereocenters. The van der Waals surface area contributed by atoms with Crippen LogP contribution in [-0.2, 0) is 13.6 Å². The summed E-state index contributed by atoms with van der Waals surface area (Å²) in [5, 5.41) is 11.0. The Hall–Kier alpha value is -2.43. The SMILES string of the molecule is CN=C(NCCCCN1C(=O)c2ccccc2C1=O)NCc1c(C)nn(C)c1C.I. The van der Waals surface area contributed by atoms with E-state index in [1.54, 1.807) is 31.3 Å². The minimum atomic E-state index is -0.196. The lowest BCUT2D eigenvalue weighted by atomic mass is 10.1. The smallest absolute Gasteiger partial charge is 0.261 e. The predicted molar refractivity (Wildman–Crippen MR) is 127 cm³/mol. The van der Waals surface area contributed by atoms with E-state index in [9.17, 15) is 9.59 Å². The molecular formula is C21H29IN6O2. The van der Waals surface area contributed by atoms with Gasteiger partial charge in [-0.05, 0) is 38.8 Å². The van der Waals surface area contributed by atoms with E-state index in [1.165, 1.54) is 10.5 Å². The second kappa shape index (κ2) is 10.6. The van der Waals surface area contributed by atoms with Gasteiger partial charge in [0.2, 0.25) is 0 Å². The second-order valence-corrected chi connectivity index (χ2v) is 7.14. The van der Waals surface area contributed by atoms with E-state index in [0.717, 1.165) is 24.2 Å². The molecule has 8 nitrogen and oxygen atoms in total. The third-order valence-corrected chi connectivity index (χ3v) is 5.29. The summed E-state index contributed by atoms with van der Waals surface area (Å²) in [7, 11) is 3.67. The van der Waals surface area contributed by atoms with Crippen molar-refractivity contribution < 1.29 is 9.59 Å². The fourth-order valence-electron chi connectivity index (χ4n) is 3.51. The summed E-state index contributed by atoms with van der Waals surface area (Å²) in [6.07, 6.45) is 1.55. The van der Waals surface area contributed by atoms with Crippen LogP contribution in [-0.4, -0.2) is 52.6 Å². The van der Waals surface area contributed by atoms with Crippen LogP contribution in [0.1, 0.15) is 50.5 Å². The Bertz CT molecular complexity index is 918. The summed E-state index contributed by atoms with van der Waals surface area (Å²) in [6.45, 7) is 5.83. The fraction of sp³-hybridized carbons (Fsp3) is 0.429. The largest absolute Gasteiger partial charge is 0.356 e. The number of halogens is 1. The van der Waals surface area contributed by atoms with Gasteiger partial charge in [0.05, 0.1) is 16.8 Å². The molecule has 1 aliphatic heterocycles. The minimum absolute atomic E-state index is 0. The highest BCUT2D eigenvalue weighted by atomic mass is 127. The van der Waals surface area contributed by atoms with Crippen molar-refractivity contribution in [1.29, 1.82) is 0 Å². The number of rotatable bonds is 7. The van der Waals surface area contributed by atoms with Crippen LogP contribution in [0.4, 0.5) is 0 Å². The number of nitrogens with zero attached hydrogens (tertiary/aromatic N) is 4. The molecule has 0 fully saturated rings. The summed E-state index contributed by atoms with van der Waals surface area (Å²) in [5.41, 5.74) is 4.31. The molecule has 3 rings (SSSR count).